The Kier molecular flexibility index (Phi) is 5.27. The molecule has 0 fully saturated rings. The smallest absolute Gasteiger partial charge is 0.234 e. The van der Waals surface area contributed by atoms with Crippen molar-refractivity contribution in [2.75, 3.05) is 11.1 Å². The van der Waals surface area contributed by atoms with Gasteiger partial charge in [0.15, 0.2) is 0 Å². The van der Waals surface area contributed by atoms with Gasteiger partial charge in [-0.25, -0.2) is 8.78 Å². The molecule has 134 valence electrons. The molecular weight excluding hydrogens is 360 g/mol. The van der Waals surface area contributed by atoms with E-state index in [4.69, 9.17) is 0 Å². The van der Waals surface area contributed by atoms with Crippen LogP contribution in [0, 0.1) is 25.5 Å². The predicted molar refractivity (Wildman–Crippen MR) is 94.3 cm³/mol. The number of benzene rings is 2. The maximum Gasteiger partial charge on any atom is 0.234 e. The first-order valence-electron chi connectivity index (χ1n) is 7.68. The second-order valence-corrected chi connectivity index (χ2v) is 6.50. The first-order valence-corrected chi connectivity index (χ1v) is 8.67. The average Bonchev–Trinajstić information content (AvgIpc) is 3.06. The summed E-state index contributed by atoms with van der Waals surface area (Å²) in [5, 5.41) is 14.4. The summed E-state index contributed by atoms with van der Waals surface area (Å²) in [5.74, 6) is -2.01. The fraction of sp³-hybridized carbons (Fsp3) is 0.176. The second kappa shape index (κ2) is 7.61. The molecule has 0 unspecified atom stereocenters. The molecule has 2 aromatic carbocycles. The number of aromatic nitrogens is 4. The zero-order chi connectivity index (χ0) is 18.7. The van der Waals surface area contributed by atoms with Gasteiger partial charge in [0, 0.05) is 6.07 Å². The summed E-state index contributed by atoms with van der Waals surface area (Å²) in [4.78, 5) is 12.0. The quantitative estimate of drug-likeness (QED) is 0.693. The zero-order valence-corrected chi connectivity index (χ0v) is 14.8. The van der Waals surface area contributed by atoms with Crippen LogP contribution in [0.4, 0.5) is 14.5 Å². The number of aryl methyl sites for hydroxylation is 1. The molecule has 1 N–H and O–H groups in total. The number of carbonyl (C=O) groups excluding carboxylic acids is 1. The molecule has 0 spiro atoms. The summed E-state index contributed by atoms with van der Waals surface area (Å²) in [5.41, 5.74) is 2.87. The zero-order valence-electron chi connectivity index (χ0n) is 14.0. The molecule has 1 amide bonds. The van der Waals surface area contributed by atoms with E-state index in [9.17, 15) is 13.6 Å². The van der Waals surface area contributed by atoms with Crippen molar-refractivity contribution in [2.24, 2.45) is 0 Å². The second-order valence-electron chi connectivity index (χ2n) is 5.55. The van der Waals surface area contributed by atoms with Crippen LogP contribution in [0.3, 0.4) is 0 Å². The van der Waals surface area contributed by atoms with Gasteiger partial charge in [0.1, 0.15) is 11.6 Å². The lowest BCUT2D eigenvalue weighted by atomic mass is 10.1. The Morgan fingerprint density at radius 3 is 2.81 bits per heavy atom. The summed E-state index contributed by atoms with van der Waals surface area (Å²) < 4.78 is 28.1. The number of rotatable bonds is 5. The third-order valence-electron chi connectivity index (χ3n) is 3.78. The summed E-state index contributed by atoms with van der Waals surface area (Å²) in [6.07, 6.45) is 0. The van der Waals surface area contributed by atoms with E-state index in [-0.39, 0.29) is 11.4 Å². The Balaban J connectivity index is 1.70. The van der Waals surface area contributed by atoms with Crippen molar-refractivity contribution in [1.29, 1.82) is 0 Å². The Morgan fingerprint density at radius 2 is 2.04 bits per heavy atom. The fourth-order valence-electron chi connectivity index (χ4n) is 2.29. The number of anilines is 1. The SMILES string of the molecule is Cc1cccc(-n2nnnc2SCC(=O)Nc2ccc(F)cc2F)c1C. The molecule has 0 bridgehead atoms. The number of amides is 1. The standard InChI is InChI=1S/C17H15F2N5OS/c1-10-4-3-5-15(11(10)2)24-17(21-22-23-24)26-9-16(25)20-14-7-6-12(18)8-13(14)19/h3-8H,9H2,1-2H3,(H,20,25). The van der Waals surface area contributed by atoms with E-state index in [0.29, 0.717) is 11.2 Å². The van der Waals surface area contributed by atoms with Crippen LogP contribution in [0.15, 0.2) is 41.6 Å². The molecule has 0 aliphatic carbocycles. The first kappa shape index (κ1) is 18.0. The van der Waals surface area contributed by atoms with Crippen LogP contribution in [0.25, 0.3) is 5.69 Å². The maximum absolute atomic E-state index is 13.6. The molecule has 0 radical (unpaired) electrons. The highest BCUT2D eigenvalue weighted by molar-refractivity contribution is 7.99. The van der Waals surface area contributed by atoms with Gasteiger partial charge >= 0.3 is 0 Å². The average molecular weight is 375 g/mol. The maximum atomic E-state index is 13.6. The summed E-state index contributed by atoms with van der Waals surface area (Å²) >= 11 is 1.12. The molecule has 0 aliphatic rings. The Labute approximate surface area is 152 Å². The van der Waals surface area contributed by atoms with Gasteiger partial charge in [-0.1, -0.05) is 23.9 Å². The molecule has 3 rings (SSSR count). The van der Waals surface area contributed by atoms with Crippen molar-refractivity contribution in [3.05, 3.63) is 59.2 Å². The van der Waals surface area contributed by atoms with Crippen LogP contribution in [0.1, 0.15) is 11.1 Å². The fourth-order valence-corrected chi connectivity index (χ4v) is 2.98. The van der Waals surface area contributed by atoms with Crippen molar-refractivity contribution >= 4 is 23.4 Å². The van der Waals surface area contributed by atoms with Crippen LogP contribution in [0.5, 0.6) is 0 Å². The van der Waals surface area contributed by atoms with Crippen molar-refractivity contribution in [1.82, 2.24) is 20.2 Å². The van der Waals surface area contributed by atoms with Crippen LogP contribution in [0.2, 0.25) is 0 Å². The molecule has 3 aromatic rings. The molecular formula is C17H15F2N5OS. The number of halogens is 2. The number of hydrogen-bond acceptors (Lipinski definition) is 5. The van der Waals surface area contributed by atoms with Gasteiger partial charge in [-0.05, 0) is 53.6 Å². The number of nitrogens with zero attached hydrogens (tertiary/aromatic N) is 4. The van der Waals surface area contributed by atoms with Gasteiger partial charge in [-0.2, -0.15) is 4.68 Å². The number of tetrazole rings is 1. The Hall–Kier alpha value is -2.81. The Morgan fingerprint density at radius 1 is 1.23 bits per heavy atom. The minimum Gasteiger partial charge on any atom is -0.323 e. The molecule has 0 saturated heterocycles. The van der Waals surface area contributed by atoms with Gasteiger partial charge in [0.05, 0.1) is 17.1 Å². The molecule has 1 aromatic heterocycles. The minimum atomic E-state index is -0.830. The number of thioether (sulfide) groups is 1. The molecule has 0 saturated carbocycles. The van der Waals surface area contributed by atoms with Gasteiger partial charge in [0.25, 0.3) is 0 Å². The molecule has 6 nitrogen and oxygen atoms in total. The summed E-state index contributed by atoms with van der Waals surface area (Å²) in [7, 11) is 0. The van der Waals surface area contributed by atoms with E-state index in [2.05, 4.69) is 20.8 Å². The van der Waals surface area contributed by atoms with Crippen LogP contribution in [-0.4, -0.2) is 31.9 Å². The topological polar surface area (TPSA) is 72.7 Å². The number of nitrogens with one attached hydrogen (secondary N) is 1. The predicted octanol–water partition coefficient (Wildman–Crippen LogP) is 3.29. The molecule has 1 heterocycles. The summed E-state index contributed by atoms with van der Waals surface area (Å²) in [6, 6.07) is 8.74. The number of hydrogen-bond donors (Lipinski definition) is 1. The number of carbonyl (C=O) groups is 1. The van der Waals surface area contributed by atoms with Gasteiger partial charge in [-0.3, -0.25) is 4.79 Å². The van der Waals surface area contributed by atoms with Crippen LogP contribution >= 0.6 is 11.8 Å². The minimum absolute atomic E-state index is 0.0257. The lowest BCUT2D eigenvalue weighted by Crippen LogP contribution is -2.15. The largest absolute Gasteiger partial charge is 0.323 e. The summed E-state index contributed by atoms with van der Waals surface area (Å²) in [6.45, 7) is 3.95. The van der Waals surface area contributed by atoms with Crippen molar-refractivity contribution in [3.63, 3.8) is 0 Å². The van der Waals surface area contributed by atoms with E-state index in [1.54, 1.807) is 4.68 Å². The van der Waals surface area contributed by atoms with Gasteiger partial charge < -0.3 is 5.32 Å². The normalized spacial score (nSPS) is 10.8. The molecule has 0 atom stereocenters. The Bertz CT molecular complexity index is 960. The highest BCUT2D eigenvalue weighted by Crippen LogP contribution is 2.23. The third kappa shape index (κ3) is 3.88. The van der Waals surface area contributed by atoms with E-state index in [0.717, 1.165) is 34.6 Å². The van der Waals surface area contributed by atoms with E-state index >= 15 is 0 Å². The van der Waals surface area contributed by atoms with Gasteiger partial charge in [-0.15, -0.1) is 5.10 Å². The third-order valence-corrected chi connectivity index (χ3v) is 4.70. The van der Waals surface area contributed by atoms with Crippen molar-refractivity contribution in [3.8, 4) is 5.69 Å². The highest BCUT2D eigenvalue weighted by atomic mass is 32.2. The monoisotopic (exact) mass is 375 g/mol. The first-order chi connectivity index (χ1) is 12.5. The van der Waals surface area contributed by atoms with Crippen molar-refractivity contribution < 1.29 is 13.6 Å². The van der Waals surface area contributed by atoms with Crippen LogP contribution < -0.4 is 5.32 Å². The van der Waals surface area contributed by atoms with E-state index < -0.39 is 17.5 Å². The van der Waals surface area contributed by atoms with Crippen LogP contribution in [-0.2, 0) is 4.79 Å². The molecule has 26 heavy (non-hydrogen) atoms. The van der Waals surface area contributed by atoms with Crippen molar-refractivity contribution in [2.45, 2.75) is 19.0 Å². The van der Waals surface area contributed by atoms with E-state index in [1.807, 2.05) is 32.0 Å². The molecule has 0 aliphatic heterocycles. The van der Waals surface area contributed by atoms with E-state index in [1.165, 1.54) is 6.07 Å². The van der Waals surface area contributed by atoms with Gasteiger partial charge in [0.2, 0.25) is 11.1 Å². The molecule has 9 heteroatoms. The lowest BCUT2D eigenvalue weighted by Gasteiger charge is -2.09. The lowest BCUT2D eigenvalue weighted by molar-refractivity contribution is -0.113. The highest BCUT2D eigenvalue weighted by Gasteiger charge is 2.14.